The van der Waals surface area contributed by atoms with E-state index in [1.165, 1.54) is 0 Å². The van der Waals surface area contributed by atoms with Crippen LogP contribution in [0.1, 0.15) is 19.8 Å². The van der Waals surface area contributed by atoms with Gasteiger partial charge in [-0.1, -0.05) is 36.4 Å². The molecule has 1 unspecified atom stereocenters. The van der Waals surface area contributed by atoms with Crippen LogP contribution in [-0.2, 0) is 9.59 Å². The van der Waals surface area contributed by atoms with Crippen molar-refractivity contribution in [3.05, 3.63) is 42.5 Å². The maximum absolute atomic E-state index is 11.8. The minimum atomic E-state index is -0.867. The van der Waals surface area contributed by atoms with Crippen molar-refractivity contribution in [2.45, 2.75) is 25.8 Å². The molecule has 0 saturated heterocycles. The van der Waals surface area contributed by atoms with Crippen molar-refractivity contribution in [1.29, 1.82) is 0 Å². The number of aliphatic carboxylic acids is 1. The number of fused-ring (bicyclic) bond motifs is 1. The van der Waals surface area contributed by atoms with Crippen molar-refractivity contribution >= 4 is 22.6 Å². The van der Waals surface area contributed by atoms with Gasteiger partial charge in [0.05, 0.1) is 0 Å². The van der Waals surface area contributed by atoms with E-state index < -0.39 is 5.97 Å². The van der Waals surface area contributed by atoms with E-state index in [1.807, 2.05) is 42.5 Å². The minimum Gasteiger partial charge on any atom is -0.483 e. The first-order valence-electron chi connectivity index (χ1n) is 7.18. The molecule has 0 aromatic heterocycles. The van der Waals surface area contributed by atoms with Crippen LogP contribution >= 0.6 is 0 Å². The zero-order chi connectivity index (χ0) is 15.9. The molecule has 1 amide bonds. The Morgan fingerprint density at radius 3 is 2.68 bits per heavy atom. The summed E-state index contributed by atoms with van der Waals surface area (Å²) in [5, 5.41) is 13.3. The van der Waals surface area contributed by atoms with Crippen LogP contribution in [0.15, 0.2) is 42.5 Å². The van der Waals surface area contributed by atoms with E-state index in [4.69, 9.17) is 9.84 Å². The summed E-state index contributed by atoms with van der Waals surface area (Å²) in [6.45, 7) is 1.68. The summed E-state index contributed by atoms with van der Waals surface area (Å²) in [6, 6.07) is 13.3. The zero-order valence-electron chi connectivity index (χ0n) is 12.4. The van der Waals surface area contributed by atoms with Crippen molar-refractivity contribution in [1.82, 2.24) is 5.32 Å². The molecule has 2 aromatic rings. The Labute approximate surface area is 128 Å². The van der Waals surface area contributed by atoms with Gasteiger partial charge in [-0.3, -0.25) is 9.59 Å². The Morgan fingerprint density at radius 2 is 1.91 bits per heavy atom. The molecule has 0 radical (unpaired) electrons. The van der Waals surface area contributed by atoms with Crippen LogP contribution in [0.3, 0.4) is 0 Å². The van der Waals surface area contributed by atoms with Crippen LogP contribution in [0.5, 0.6) is 5.75 Å². The largest absolute Gasteiger partial charge is 0.483 e. The maximum atomic E-state index is 11.8. The van der Waals surface area contributed by atoms with Gasteiger partial charge in [0.1, 0.15) is 5.75 Å². The molecule has 2 aromatic carbocycles. The molecule has 0 saturated carbocycles. The molecule has 116 valence electrons. The number of rotatable bonds is 7. The molecule has 0 spiro atoms. The Hall–Kier alpha value is -2.56. The summed E-state index contributed by atoms with van der Waals surface area (Å²) in [4.78, 5) is 22.3. The first kappa shape index (κ1) is 15.8. The number of amides is 1. The highest BCUT2D eigenvalue weighted by atomic mass is 16.5. The summed E-state index contributed by atoms with van der Waals surface area (Å²) >= 11 is 0. The average molecular weight is 301 g/mol. The number of ether oxygens (including phenoxy) is 1. The fraction of sp³-hybridized carbons (Fsp3) is 0.294. The highest BCUT2D eigenvalue weighted by molar-refractivity contribution is 5.88. The fourth-order valence-electron chi connectivity index (χ4n) is 2.19. The van der Waals surface area contributed by atoms with Crippen molar-refractivity contribution in [2.24, 2.45) is 0 Å². The normalized spacial score (nSPS) is 11.9. The fourth-order valence-corrected chi connectivity index (χ4v) is 2.19. The molecule has 0 bridgehead atoms. The van der Waals surface area contributed by atoms with Gasteiger partial charge in [0.25, 0.3) is 5.91 Å². The lowest BCUT2D eigenvalue weighted by Gasteiger charge is -2.14. The number of nitrogens with one attached hydrogen (secondary N) is 1. The van der Waals surface area contributed by atoms with E-state index >= 15 is 0 Å². The van der Waals surface area contributed by atoms with E-state index in [0.29, 0.717) is 12.2 Å². The number of carbonyl (C=O) groups excluding carboxylic acids is 1. The second-order valence-electron chi connectivity index (χ2n) is 5.17. The van der Waals surface area contributed by atoms with Gasteiger partial charge in [-0.05, 0) is 24.8 Å². The number of hydrogen-bond acceptors (Lipinski definition) is 3. The number of hydrogen-bond donors (Lipinski definition) is 2. The highest BCUT2D eigenvalue weighted by Crippen LogP contribution is 2.24. The van der Waals surface area contributed by atoms with Gasteiger partial charge in [0.15, 0.2) is 6.61 Å². The molecule has 0 aliphatic rings. The molecular weight excluding hydrogens is 282 g/mol. The van der Waals surface area contributed by atoms with E-state index in [0.717, 1.165) is 10.8 Å². The molecule has 5 nitrogen and oxygen atoms in total. The number of carboxylic acids is 1. The Morgan fingerprint density at radius 1 is 1.18 bits per heavy atom. The van der Waals surface area contributed by atoms with Gasteiger partial charge in [-0.2, -0.15) is 0 Å². The third-order valence-corrected chi connectivity index (χ3v) is 3.31. The van der Waals surface area contributed by atoms with Crippen molar-refractivity contribution < 1.29 is 19.4 Å². The van der Waals surface area contributed by atoms with E-state index in [9.17, 15) is 9.59 Å². The average Bonchev–Trinajstić information content (AvgIpc) is 2.51. The first-order chi connectivity index (χ1) is 10.6. The lowest BCUT2D eigenvalue weighted by molar-refractivity contribution is -0.137. The van der Waals surface area contributed by atoms with Crippen LogP contribution in [-0.4, -0.2) is 29.6 Å². The van der Waals surface area contributed by atoms with E-state index in [-0.39, 0.29) is 25.0 Å². The second kappa shape index (κ2) is 7.45. The molecule has 5 heteroatoms. The molecule has 2 rings (SSSR count). The molecule has 0 fully saturated rings. The van der Waals surface area contributed by atoms with E-state index in [2.05, 4.69) is 5.32 Å². The third kappa shape index (κ3) is 4.48. The quantitative estimate of drug-likeness (QED) is 0.824. The summed E-state index contributed by atoms with van der Waals surface area (Å²) in [7, 11) is 0. The highest BCUT2D eigenvalue weighted by Gasteiger charge is 2.10. The van der Waals surface area contributed by atoms with Gasteiger partial charge in [-0.25, -0.2) is 0 Å². The molecule has 0 aliphatic carbocycles. The summed E-state index contributed by atoms with van der Waals surface area (Å²) in [5.41, 5.74) is 0. The van der Waals surface area contributed by atoms with Crippen LogP contribution in [0.2, 0.25) is 0 Å². The van der Waals surface area contributed by atoms with Gasteiger partial charge in [0, 0.05) is 17.8 Å². The Bertz CT molecular complexity index is 663. The second-order valence-corrected chi connectivity index (χ2v) is 5.17. The van der Waals surface area contributed by atoms with Crippen molar-refractivity contribution in [3.63, 3.8) is 0 Å². The molecule has 1 atom stereocenters. The van der Waals surface area contributed by atoms with Crippen LogP contribution in [0.25, 0.3) is 10.8 Å². The monoisotopic (exact) mass is 301 g/mol. The van der Waals surface area contributed by atoms with Gasteiger partial charge >= 0.3 is 5.97 Å². The third-order valence-electron chi connectivity index (χ3n) is 3.31. The number of carbonyl (C=O) groups is 2. The summed E-state index contributed by atoms with van der Waals surface area (Å²) in [5.74, 6) is -0.467. The van der Waals surface area contributed by atoms with Crippen LogP contribution in [0, 0.1) is 0 Å². The predicted molar refractivity (Wildman–Crippen MR) is 83.9 cm³/mol. The van der Waals surface area contributed by atoms with Crippen molar-refractivity contribution in [3.8, 4) is 5.75 Å². The van der Waals surface area contributed by atoms with E-state index in [1.54, 1.807) is 6.92 Å². The minimum absolute atomic E-state index is 0.0334. The van der Waals surface area contributed by atoms with Crippen LogP contribution < -0.4 is 10.1 Å². The summed E-state index contributed by atoms with van der Waals surface area (Å²) in [6.07, 6.45) is 0.432. The Kier molecular flexibility index (Phi) is 5.36. The van der Waals surface area contributed by atoms with Gasteiger partial charge < -0.3 is 15.2 Å². The standard InChI is InChI=1S/C17H19NO4/c1-12(9-10-17(20)21)18-16(19)11-22-15-8-4-6-13-5-2-3-7-14(13)15/h2-8,12H,9-11H2,1H3,(H,18,19)(H,20,21). The topological polar surface area (TPSA) is 75.6 Å². The number of benzene rings is 2. The zero-order valence-corrected chi connectivity index (χ0v) is 12.4. The van der Waals surface area contributed by atoms with Crippen LogP contribution in [0.4, 0.5) is 0 Å². The smallest absolute Gasteiger partial charge is 0.303 e. The number of carboxylic acid groups (broad SMARTS) is 1. The lowest BCUT2D eigenvalue weighted by Crippen LogP contribution is -2.36. The lowest BCUT2D eigenvalue weighted by atomic mass is 10.1. The molecule has 2 N–H and O–H groups in total. The molecule has 22 heavy (non-hydrogen) atoms. The Balaban J connectivity index is 1.89. The molecular formula is C17H19NO4. The SMILES string of the molecule is CC(CCC(=O)O)NC(=O)COc1cccc2ccccc12. The molecule has 0 aliphatic heterocycles. The van der Waals surface area contributed by atoms with Crippen molar-refractivity contribution in [2.75, 3.05) is 6.61 Å². The maximum Gasteiger partial charge on any atom is 0.303 e. The predicted octanol–water partition coefficient (Wildman–Crippen LogP) is 2.59. The first-order valence-corrected chi connectivity index (χ1v) is 7.18. The summed E-state index contributed by atoms with van der Waals surface area (Å²) < 4.78 is 5.58. The van der Waals surface area contributed by atoms with Gasteiger partial charge in [0.2, 0.25) is 0 Å². The molecule has 0 heterocycles. The van der Waals surface area contributed by atoms with Gasteiger partial charge in [-0.15, -0.1) is 0 Å².